The Labute approximate surface area is 182 Å². The van der Waals surface area contributed by atoms with E-state index in [1.165, 1.54) is 9.13 Å². The van der Waals surface area contributed by atoms with Crippen molar-refractivity contribution in [2.45, 2.75) is 13.1 Å². The number of aromatic nitrogens is 4. The first kappa shape index (κ1) is 19.4. The molecule has 0 saturated carbocycles. The summed E-state index contributed by atoms with van der Waals surface area (Å²) in [6, 6.07) is 14.8. The van der Waals surface area contributed by atoms with E-state index >= 15 is 0 Å². The van der Waals surface area contributed by atoms with Crippen molar-refractivity contribution in [1.82, 2.24) is 18.7 Å². The van der Waals surface area contributed by atoms with Crippen LogP contribution in [0.25, 0.3) is 11.2 Å². The van der Waals surface area contributed by atoms with Crippen LogP contribution in [0, 0.1) is 0 Å². The first-order valence-corrected chi connectivity index (χ1v) is 10.2. The quantitative estimate of drug-likeness (QED) is 0.491. The lowest BCUT2D eigenvalue weighted by atomic mass is 10.2. The molecule has 158 valence electrons. The summed E-state index contributed by atoms with van der Waals surface area (Å²) in [6.07, 6.45) is 0. The molecule has 9 heteroatoms. The Balaban J connectivity index is 1.67. The van der Waals surface area contributed by atoms with E-state index in [9.17, 15) is 9.59 Å². The Bertz CT molecular complexity index is 1420. The van der Waals surface area contributed by atoms with Crippen LogP contribution in [0.1, 0.15) is 5.56 Å². The third kappa shape index (κ3) is 3.02. The number of fused-ring (bicyclic) bond motifs is 3. The summed E-state index contributed by atoms with van der Waals surface area (Å²) in [5.41, 5.74) is 1.72. The molecule has 0 radical (unpaired) electrons. The molecular weight excluding hydrogens is 418 g/mol. The van der Waals surface area contributed by atoms with Gasteiger partial charge in [-0.3, -0.25) is 13.9 Å². The number of ether oxygens (including phenoxy) is 1. The lowest BCUT2D eigenvalue weighted by molar-refractivity contribution is 0.415. The van der Waals surface area contributed by atoms with Gasteiger partial charge in [-0.25, -0.2) is 4.79 Å². The molecule has 2 aromatic carbocycles. The maximum absolute atomic E-state index is 13.4. The van der Waals surface area contributed by atoms with Gasteiger partial charge in [0, 0.05) is 25.2 Å². The summed E-state index contributed by atoms with van der Waals surface area (Å²) >= 11 is 5.96. The zero-order valence-corrected chi connectivity index (χ0v) is 17.8. The number of methoxy groups -OCH3 is 1. The minimum atomic E-state index is -0.409. The fourth-order valence-electron chi connectivity index (χ4n) is 4.07. The minimum Gasteiger partial charge on any atom is -0.495 e. The fraction of sp³-hybridized carbons (Fsp3) is 0.227. The van der Waals surface area contributed by atoms with Crippen LogP contribution in [0.4, 0.5) is 11.6 Å². The Kier molecular flexibility index (Phi) is 4.59. The van der Waals surface area contributed by atoms with E-state index in [4.69, 9.17) is 16.3 Å². The Hall–Kier alpha value is -3.52. The van der Waals surface area contributed by atoms with E-state index in [2.05, 4.69) is 4.98 Å². The van der Waals surface area contributed by atoms with Crippen molar-refractivity contribution in [1.29, 1.82) is 0 Å². The van der Waals surface area contributed by atoms with E-state index < -0.39 is 5.69 Å². The molecule has 0 atom stereocenters. The molecule has 0 aliphatic carbocycles. The second-order valence-electron chi connectivity index (χ2n) is 7.42. The molecule has 1 aliphatic rings. The highest BCUT2D eigenvalue weighted by Gasteiger charge is 2.30. The van der Waals surface area contributed by atoms with Gasteiger partial charge in [0.1, 0.15) is 5.75 Å². The van der Waals surface area contributed by atoms with Crippen molar-refractivity contribution in [3.05, 3.63) is 80.0 Å². The number of aryl methyl sites for hydroxylation is 1. The maximum Gasteiger partial charge on any atom is 0.332 e. The highest BCUT2D eigenvalue weighted by atomic mass is 35.5. The van der Waals surface area contributed by atoms with Gasteiger partial charge in [0.25, 0.3) is 5.56 Å². The smallest absolute Gasteiger partial charge is 0.332 e. The van der Waals surface area contributed by atoms with Crippen LogP contribution in [0.2, 0.25) is 5.02 Å². The number of hydrogen-bond acceptors (Lipinski definition) is 5. The SMILES string of the molecule is COc1ccccc1N1CCn2c1nc1c2c(=O)n(Cc2ccc(Cl)cc2)c(=O)n1C. The number of halogens is 1. The van der Waals surface area contributed by atoms with Crippen molar-refractivity contribution in [3.63, 3.8) is 0 Å². The summed E-state index contributed by atoms with van der Waals surface area (Å²) in [6.45, 7) is 1.39. The highest BCUT2D eigenvalue weighted by Crippen LogP contribution is 2.36. The van der Waals surface area contributed by atoms with Crippen LogP contribution >= 0.6 is 11.6 Å². The van der Waals surface area contributed by atoms with Crippen molar-refractivity contribution in [2.24, 2.45) is 7.05 Å². The molecule has 0 amide bonds. The molecule has 0 N–H and O–H groups in total. The number of para-hydroxylation sites is 2. The van der Waals surface area contributed by atoms with Gasteiger partial charge in [-0.2, -0.15) is 4.98 Å². The van der Waals surface area contributed by atoms with Gasteiger partial charge in [0.15, 0.2) is 11.2 Å². The standard InChI is InChI=1S/C22H20ClN5O3/c1-25-19-18(20(29)28(22(25)30)13-14-7-9-15(23)10-8-14)27-12-11-26(21(27)24-19)16-5-3-4-6-17(16)31-2/h3-10H,11-13H2,1-2H3. The molecule has 2 aromatic heterocycles. The molecule has 1 aliphatic heterocycles. The van der Waals surface area contributed by atoms with E-state index in [1.54, 1.807) is 26.3 Å². The number of imidazole rings is 1. The number of nitrogens with zero attached hydrogens (tertiary/aromatic N) is 5. The van der Waals surface area contributed by atoms with Crippen molar-refractivity contribution in [3.8, 4) is 5.75 Å². The number of anilines is 2. The molecule has 8 nitrogen and oxygen atoms in total. The zero-order valence-electron chi connectivity index (χ0n) is 17.1. The number of benzene rings is 2. The van der Waals surface area contributed by atoms with E-state index in [1.807, 2.05) is 45.9 Å². The topological polar surface area (TPSA) is 74.3 Å². The summed E-state index contributed by atoms with van der Waals surface area (Å²) in [4.78, 5) is 33.0. The first-order chi connectivity index (χ1) is 15.0. The molecule has 31 heavy (non-hydrogen) atoms. The van der Waals surface area contributed by atoms with Gasteiger partial charge < -0.3 is 14.2 Å². The largest absolute Gasteiger partial charge is 0.495 e. The van der Waals surface area contributed by atoms with Gasteiger partial charge in [-0.05, 0) is 29.8 Å². The minimum absolute atomic E-state index is 0.162. The van der Waals surface area contributed by atoms with Crippen LogP contribution in [0.15, 0.2) is 58.1 Å². The normalized spacial score (nSPS) is 13.1. The van der Waals surface area contributed by atoms with E-state index in [0.717, 1.165) is 17.0 Å². The van der Waals surface area contributed by atoms with Crippen LogP contribution in [0.5, 0.6) is 5.75 Å². The summed E-state index contributed by atoms with van der Waals surface area (Å²) < 4.78 is 10.0. The third-order valence-electron chi connectivity index (χ3n) is 5.63. The summed E-state index contributed by atoms with van der Waals surface area (Å²) in [5, 5.41) is 0.601. The molecule has 0 fully saturated rings. The maximum atomic E-state index is 13.4. The molecule has 5 rings (SSSR count). The molecule has 0 spiro atoms. The van der Waals surface area contributed by atoms with Crippen molar-refractivity contribution in [2.75, 3.05) is 18.6 Å². The van der Waals surface area contributed by atoms with Crippen LogP contribution in [-0.2, 0) is 20.1 Å². The Morgan fingerprint density at radius 3 is 2.55 bits per heavy atom. The van der Waals surface area contributed by atoms with Crippen LogP contribution < -0.4 is 20.9 Å². The molecule has 0 saturated heterocycles. The second-order valence-corrected chi connectivity index (χ2v) is 7.85. The summed E-state index contributed by atoms with van der Waals surface area (Å²) in [5.74, 6) is 1.34. The number of hydrogen-bond donors (Lipinski definition) is 0. The Morgan fingerprint density at radius 2 is 1.81 bits per heavy atom. The third-order valence-corrected chi connectivity index (χ3v) is 5.88. The van der Waals surface area contributed by atoms with Gasteiger partial charge in [-0.15, -0.1) is 0 Å². The monoisotopic (exact) mass is 437 g/mol. The average molecular weight is 438 g/mol. The predicted molar refractivity (Wildman–Crippen MR) is 120 cm³/mol. The van der Waals surface area contributed by atoms with E-state index in [0.29, 0.717) is 35.2 Å². The number of rotatable bonds is 4. The Morgan fingerprint density at radius 1 is 1.06 bits per heavy atom. The van der Waals surface area contributed by atoms with Crippen LogP contribution in [-0.4, -0.2) is 32.3 Å². The van der Waals surface area contributed by atoms with Crippen LogP contribution in [0.3, 0.4) is 0 Å². The summed E-state index contributed by atoms with van der Waals surface area (Å²) in [7, 11) is 3.26. The zero-order chi connectivity index (χ0) is 21.7. The fourth-order valence-corrected chi connectivity index (χ4v) is 4.20. The molecule has 0 bridgehead atoms. The first-order valence-electron chi connectivity index (χ1n) is 9.84. The molecular formula is C22H20ClN5O3. The van der Waals surface area contributed by atoms with Crippen molar-refractivity contribution >= 4 is 34.4 Å². The van der Waals surface area contributed by atoms with Gasteiger partial charge in [-0.1, -0.05) is 35.9 Å². The van der Waals surface area contributed by atoms with Gasteiger partial charge >= 0.3 is 5.69 Å². The average Bonchev–Trinajstić information content (AvgIpc) is 3.36. The van der Waals surface area contributed by atoms with E-state index in [-0.39, 0.29) is 12.1 Å². The molecule has 4 aromatic rings. The predicted octanol–water partition coefficient (Wildman–Crippen LogP) is 2.76. The highest BCUT2D eigenvalue weighted by molar-refractivity contribution is 6.30. The second kappa shape index (κ2) is 7.31. The van der Waals surface area contributed by atoms with Gasteiger partial charge in [0.05, 0.1) is 19.3 Å². The lowest BCUT2D eigenvalue weighted by Crippen LogP contribution is -2.40. The lowest BCUT2D eigenvalue weighted by Gasteiger charge is -2.18. The molecule has 0 unspecified atom stereocenters. The van der Waals surface area contributed by atoms with Gasteiger partial charge in [0.2, 0.25) is 5.95 Å². The molecule has 3 heterocycles. The van der Waals surface area contributed by atoms with Crippen molar-refractivity contribution < 1.29 is 4.74 Å².